The number of Topliss-reactive ketones (excluding diaryl/α,β-unsaturated/α-hetero) is 1. The maximum Gasteiger partial charge on any atom is 0.182 e. The van der Waals surface area contributed by atoms with Crippen molar-refractivity contribution in [2.75, 3.05) is 6.54 Å². The van der Waals surface area contributed by atoms with Crippen LogP contribution in [0.15, 0.2) is 30.3 Å². The minimum Gasteiger partial charge on any atom is -0.507 e. The number of hydrogen-bond donors (Lipinski definition) is 2. The van der Waals surface area contributed by atoms with E-state index in [1.165, 1.54) is 0 Å². The van der Waals surface area contributed by atoms with Crippen LogP contribution in [0.5, 0.6) is 11.5 Å². The number of halogens is 1. The van der Waals surface area contributed by atoms with E-state index >= 15 is 0 Å². The molecule has 1 aliphatic heterocycles. The van der Waals surface area contributed by atoms with Crippen molar-refractivity contribution in [2.24, 2.45) is 0 Å². The fourth-order valence-corrected chi connectivity index (χ4v) is 4.07. The number of aromatic hydroxyl groups is 1. The average Bonchev–Trinajstić information content (AvgIpc) is 2.94. The van der Waals surface area contributed by atoms with E-state index in [1.807, 2.05) is 85.7 Å². The van der Waals surface area contributed by atoms with Gasteiger partial charge in [-0.05, 0) is 60.6 Å². The molecule has 1 aliphatic rings. The number of ketones is 1. The van der Waals surface area contributed by atoms with Crippen molar-refractivity contribution < 1.29 is 14.6 Å². The highest BCUT2D eigenvalue weighted by Crippen LogP contribution is 2.40. The number of carbonyl (C=O) groups is 1. The first-order valence-electron chi connectivity index (χ1n) is 11.2. The number of nitrogens with one attached hydrogen (secondary N) is 1. The summed E-state index contributed by atoms with van der Waals surface area (Å²) in [5.74, 6) is 1.34. The van der Waals surface area contributed by atoms with Crippen molar-refractivity contribution >= 4 is 28.6 Å². The van der Waals surface area contributed by atoms with Crippen LogP contribution < -0.4 is 4.74 Å². The summed E-state index contributed by atoms with van der Waals surface area (Å²) in [5, 5.41) is 19.5. The summed E-state index contributed by atoms with van der Waals surface area (Å²) in [7, 11) is 0. The molecule has 0 spiro atoms. The third kappa shape index (κ3) is 5.78. The van der Waals surface area contributed by atoms with Crippen molar-refractivity contribution in [3.05, 3.63) is 58.1 Å². The lowest BCUT2D eigenvalue weighted by Crippen LogP contribution is -2.30. The monoisotopic (exact) mass is 516 g/mol. The van der Waals surface area contributed by atoms with Gasteiger partial charge in [0.25, 0.3) is 0 Å². The van der Waals surface area contributed by atoms with E-state index in [9.17, 15) is 9.90 Å². The summed E-state index contributed by atoms with van der Waals surface area (Å²) < 4.78 is 5.78. The Hall–Kier alpha value is -2.34. The molecule has 3 rings (SSSR count). The van der Waals surface area contributed by atoms with E-state index in [0.717, 1.165) is 28.0 Å². The molecule has 1 heterocycles. The Morgan fingerprint density at radius 3 is 2.09 bits per heavy atom. The van der Waals surface area contributed by atoms with Gasteiger partial charge in [-0.3, -0.25) is 10.2 Å². The molecular formula is C27H37BrN2O3. The molecule has 0 saturated carbocycles. The Morgan fingerprint density at radius 1 is 1.06 bits per heavy atom. The van der Waals surface area contributed by atoms with E-state index in [-0.39, 0.29) is 52.0 Å². The van der Waals surface area contributed by atoms with E-state index in [4.69, 9.17) is 10.1 Å². The number of amidine groups is 1. The number of carbonyl (C=O) groups excluding carboxylic acids is 1. The average molecular weight is 518 g/mol. The third-order valence-corrected chi connectivity index (χ3v) is 5.76. The molecule has 0 aromatic heterocycles. The maximum atomic E-state index is 13.3. The lowest BCUT2D eigenvalue weighted by atomic mass is 9.78. The molecule has 2 N–H and O–H groups in total. The molecule has 2 aromatic rings. The normalized spacial score (nSPS) is 13.7. The van der Waals surface area contributed by atoms with Crippen LogP contribution in [0.1, 0.15) is 88.0 Å². The van der Waals surface area contributed by atoms with Gasteiger partial charge < -0.3 is 14.7 Å². The van der Waals surface area contributed by atoms with Crippen LogP contribution in [0.3, 0.4) is 0 Å². The zero-order chi connectivity index (χ0) is 24.0. The molecule has 0 saturated heterocycles. The maximum absolute atomic E-state index is 13.3. The molecule has 0 amide bonds. The van der Waals surface area contributed by atoms with Gasteiger partial charge in [-0.25, -0.2) is 0 Å². The van der Waals surface area contributed by atoms with Gasteiger partial charge in [0.05, 0.1) is 12.6 Å². The lowest BCUT2D eigenvalue weighted by Gasteiger charge is -2.28. The number of nitrogens with zero attached hydrogens (tertiary/aromatic N) is 1. The summed E-state index contributed by atoms with van der Waals surface area (Å²) in [6, 6.07) is 9.37. The highest BCUT2D eigenvalue weighted by molar-refractivity contribution is 8.93. The Kier molecular flexibility index (Phi) is 7.74. The molecule has 0 unspecified atom stereocenters. The van der Waals surface area contributed by atoms with Crippen molar-refractivity contribution in [2.45, 2.75) is 78.9 Å². The molecule has 6 heteroatoms. The van der Waals surface area contributed by atoms with Crippen molar-refractivity contribution in [3.63, 3.8) is 0 Å². The van der Waals surface area contributed by atoms with Crippen LogP contribution in [-0.4, -0.2) is 34.3 Å². The Morgan fingerprint density at radius 2 is 1.61 bits per heavy atom. The number of hydrogen-bond acceptors (Lipinski definition) is 4. The smallest absolute Gasteiger partial charge is 0.182 e. The van der Waals surface area contributed by atoms with Gasteiger partial charge in [0.1, 0.15) is 17.3 Å². The second kappa shape index (κ2) is 9.49. The van der Waals surface area contributed by atoms with Gasteiger partial charge in [0, 0.05) is 28.8 Å². The van der Waals surface area contributed by atoms with Crippen LogP contribution >= 0.6 is 17.0 Å². The highest BCUT2D eigenvalue weighted by atomic mass is 79.9. The molecule has 2 aromatic carbocycles. The first-order valence-corrected chi connectivity index (χ1v) is 11.2. The zero-order valence-corrected chi connectivity index (χ0v) is 22.7. The Labute approximate surface area is 208 Å². The predicted molar refractivity (Wildman–Crippen MR) is 140 cm³/mol. The first kappa shape index (κ1) is 26.9. The summed E-state index contributed by atoms with van der Waals surface area (Å²) in [4.78, 5) is 15.1. The number of phenolic OH excluding ortho intramolecular Hbond substituents is 1. The van der Waals surface area contributed by atoms with Crippen LogP contribution in [-0.2, 0) is 17.4 Å². The van der Waals surface area contributed by atoms with Crippen molar-refractivity contribution in [3.8, 4) is 11.5 Å². The quantitative estimate of drug-likeness (QED) is 0.452. The van der Waals surface area contributed by atoms with E-state index < -0.39 is 0 Å². The molecule has 0 bridgehead atoms. The van der Waals surface area contributed by atoms with E-state index in [1.54, 1.807) is 4.90 Å². The van der Waals surface area contributed by atoms with Crippen LogP contribution in [0.2, 0.25) is 0 Å². The molecule has 5 nitrogen and oxygen atoms in total. The van der Waals surface area contributed by atoms with E-state index in [0.29, 0.717) is 17.9 Å². The number of rotatable bonds is 5. The summed E-state index contributed by atoms with van der Waals surface area (Å²) in [5.41, 5.74) is 3.34. The zero-order valence-electron chi connectivity index (χ0n) is 21.0. The van der Waals surface area contributed by atoms with Crippen LogP contribution in [0.4, 0.5) is 0 Å². The molecule has 0 atom stereocenters. The van der Waals surface area contributed by atoms with E-state index in [2.05, 4.69) is 0 Å². The van der Waals surface area contributed by atoms with Crippen molar-refractivity contribution in [1.82, 2.24) is 4.90 Å². The predicted octanol–water partition coefficient (Wildman–Crippen LogP) is 6.38. The highest BCUT2D eigenvalue weighted by Gasteiger charge is 2.30. The SMILES string of the molecule is Br.CC(C)Oc1ccc2c(c1)CN(CC(=O)c1cc(C(C)(C)C)c(O)c(C(C)(C)C)c1)C2=N. The molecule has 180 valence electrons. The van der Waals surface area contributed by atoms with Crippen LogP contribution in [0.25, 0.3) is 0 Å². The first-order chi connectivity index (χ1) is 14.7. The van der Waals surface area contributed by atoms with Gasteiger partial charge >= 0.3 is 0 Å². The number of phenols is 1. The summed E-state index contributed by atoms with van der Waals surface area (Å²) >= 11 is 0. The topological polar surface area (TPSA) is 73.6 Å². The summed E-state index contributed by atoms with van der Waals surface area (Å²) in [6.45, 7) is 16.8. The molecular weight excluding hydrogens is 480 g/mol. The van der Waals surface area contributed by atoms with Gasteiger partial charge in [-0.1, -0.05) is 41.5 Å². The number of ether oxygens (including phenoxy) is 1. The Balaban J connectivity index is 0.00000385. The van der Waals surface area contributed by atoms with Gasteiger partial charge in [-0.15, -0.1) is 17.0 Å². The van der Waals surface area contributed by atoms with Gasteiger partial charge in [0.15, 0.2) is 5.78 Å². The Bertz CT molecular complexity index is 1030. The molecule has 0 fully saturated rings. The van der Waals surface area contributed by atoms with Crippen LogP contribution in [0, 0.1) is 5.41 Å². The minimum absolute atomic E-state index is 0. The van der Waals surface area contributed by atoms with Gasteiger partial charge in [0.2, 0.25) is 0 Å². The lowest BCUT2D eigenvalue weighted by molar-refractivity contribution is 0.0962. The third-order valence-electron chi connectivity index (χ3n) is 5.76. The minimum atomic E-state index is -0.302. The standard InChI is InChI=1S/C27H36N2O3.BrH/c1-16(2)32-19-9-10-20-18(11-19)14-29(25(20)28)15-23(30)17-12-21(26(3,4)5)24(31)22(13-17)27(6,7)8;/h9-13,16,28,31H,14-15H2,1-8H3;1H. The number of fused-ring (bicyclic) bond motifs is 1. The molecule has 33 heavy (non-hydrogen) atoms. The summed E-state index contributed by atoms with van der Waals surface area (Å²) in [6.07, 6.45) is 0.0788. The number of benzene rings is 2. The molecule has 0 aliphatic carbocycles. The van der Waals surface area contributed by atoms with Gasteiger partial charge in [-0.2, -0.15) is 0 Å². The van der Waals surface area contributed by atoms with Crippen molar-refractivity contribution in [1.29, 1.82) is 5.41 Å². The second-order valence-electron chi connectivity index (χ2n) is 11.0. The fourth-order valence-electron chi connectivity index (χ4n) is 4.07. The fraction of sp³-hybridized carbons (Fsp3) is 0.481. The molecule has 0 radical (unpaired) electrons. The second-order valence-corrected chi connectivity index (χ2v) is 11.0. The largest absolute Gasteiger partial charge is 0.507 e.